The molecule has 0 atom stereocenters. The molecule has 7 aromatic carbocycles. The summed E-state index contributed by atoms with van der Waals surface area (Å²) in [5.74, 6) is 0. The number of rotatable bonds is 5. The second-order valence-electron chi connectivity index (χ2n) is 14.0. The second kappa shape index (κ2) is 11.4. The molecule has 7 aromatic rings. The molecule has 0 spiro atoms. The van der Waals surface area contributed by atoms with E-state index in [1.807, 2.05) is 0 Å². The molecule has 0 unspecified atom stereocenters. The third kappa shape index (κ3) is 4.68. The summed E-state index contributed by atoms with van der Waals surface area (Å²) in [4.78, 5) is 2.47. The molecule has 0 saturated heterocycles. The first-order valence-corrected chi connectivity index (χ1v) is 17.4. The molecule has 0 heterocycles. The number of aryl methyl sites for hydroxylation is 2. The van der Waals surface area contributed by atoms with Crippen molar-refractivity contribution in [2.45, 2.75) is 44.9 Å². The van der Waals surface area contributed by atoms with Crippen LogP contribution in [0.15, 0.2) is 152 Å². The third-order valence-corrected chi connectivity index (χ3v) is 10.9. The molecule has 0 N–H and O–H groups in total. The molecule has 2 aliphatic carbocycles. The van der Waals surface area contributed by atoms with E-state index in [1.54, 1.807) is 0 Å². The van der Waals surface area contributed by atoms with Crippen molar-refractivity contribution in [3.63, 3.8) is 0 Å². The zero-order valence-corrected chi connectivity index (χ0v) is 27.7. The van der Waals surface area contributed by atoms with Crippen molar-refractivity contribution in [3.05, 3.63) is 174 Å². The van der Waals surface area contributed by atoms with Gasteiger partial charge in [0, 0.05) is 22.4 Å². The van der Waals surface area contributed by atoms with E-state index in [4.69, 9.17) is 0 Å². The summed E-state index contributed by atoms with van der Waals surface area (Å²) >= 11 is 0. The fourth-order valence-corrected chi connectivity index (χ4v) is 8.33. The van der Waals surface area contributed by atoms with Crippen LogP contribution in [0.1, 0.15) is 48.9 Å². The van der Waals surface area contributed by atoms with E-state index in [2.05, 4.69) is 170 Å². The van der Waals surface area contributed by atoms with Crippen LogP contribution in [0.2, 0.25) is 0 Å². The Balaban J connectivity index is 1.21. The summed E-state index contributed by atoms with van der Waals surface area (Å²) < 4.78 is 0. The molecule has 0 saturated carbocycles. The molecule has 2 aliphatic rings. The zero-order chi connectivity index (χ0) is 32.2. The van der Waals surface area contributed by atoms with E-state index in [-0.39, 0.29) is 5.41 Å². The lowest BCUT2D eigenvalue weighted by molar-refractivity contribution is 0.660. The van der Waals surface area contributed by atoms with Gasteiger partial charge in [0.15, 0.2) is 0 Å². The number of nitrogens with zero attached hydrogens (tertiary/aromatic N) is 1. The number of fused-ring (bicyclic) bond motifs is 5. The Morgan fingerprint density at radius 3 is 1.98 bits per heavy atom. The standard InChI is InChI=1S/C47H39N/c1-47(2)44-20-9-7-17-41(44)42-29-28-38(31-45(42)47)48(37-26-24-33(25-27-37)36-23-22-32-12-3-4-14-35(32)30-36)46-21-10-8-18-43(46)40-19-11-15-34-13-5-6-16-39(34)40/h5-11,13,15-31H,3-4,12,14H2,1-2H3. The molecule has 0 amide bonds. The molecule has 0 aromatic heterocycles. The fraction of sp³-hybridized carbons (Fsp3) is 0.149. The smallest absolute Gasteiger partial charge is 0.0540 e. The zero-order valence-electron chi connectivity index (χ0n) is 27.7. The Kier molecular flexibility index (Phi) is 6.83. The van der Waals surface area contributed by atoms with E-state index in [9.17, 15) is 0 Å². The second-order valence-corrected chi connectivity index (χ2v) is 14.0. The number of para-hydroxylation sites is 1. The van der Waals surface area contributed by atoms with Gasteiger partial charge < -0.3 is 4.90 Å². The summed E-state index contributed by atoms with van der Waals surface area (Å²) in [5.41, 5.74) is 16.9. The van der Waals surface area contributed by atoms with Crippen molar-refractivity contribution < 1.29 is 0 Å². The van der Waals surface area contributed by atoms with Crippen LogP contribution in [0.4, 0.5) is 17.1 Å². The first kappa shape index (κ1) is 28.8. The van der Waals surface area contributed by atoms with Gasteiger partial charge >= 0.3 is 0 Å². The number of hydrogen-bond acceptors (Lipinski definition) is 1. The van der Waals surface area contributed by atoms with Crippen LogP contribution in [0.25, 0.3) is 44.2 Å². The minimum absolute atomic E-state index is 0.0843. The largest absolute Gasteiger partial charge is 0.310 e. The molecular formula is C47H39N. The number of benzene rings is 7. The van der Waals surface area contributed by atoms with Crippen molar-refractivity contribution in [1.29, 1.82) is 0 Å². The van der Waals surface area contributed by atoms with Gasteiger partial charge in [-0.2, -0.15) is 0 Å². The normalized spacial score (nSPS) is 14.3. The molecule has 1 heteroatoms. The average molecular weight is 618 g/mol. The molecular weight excluding hydrogens is 579 g/mol. The van der Waals surface area contributed by atoms with Crippen LogP contribution in [0.3, 0.4) is 0 Å². The quantitative estimate of drug-likeness (QED) is 0.186. The van der Waals surface area contributed by atoms with E-state index in [0.717, 1.165) is 5.69 Å². The van der Waals surface area contributed by atoms with Crippen LogP contribution >= 0.6 is 0 Å². The summed E-state index contributed by atoms with van der Waals surface area (Å²) in [6.45, 7) is 4.73. The van der Waals surface area contributed by atoms with Gasteiger partial charge in [-0.25, -0.2) is 0 Å². The average Bonchev–Trinajstić information content (AvgIpc) is 3.37. The lowest BCUT2D eigenvalue weighted by Gasteiger charge is -2.30. The van der Waals surface area contributed by atoms with Gasteiger partial charge in [-0.05, 0) is 117 Å². The highest BCUT2D eigenvalue weighted by Crippen LogP contribution is 2.51. The SMILES string of the molecule is CC1(C)c2ccccc2-c2ccc(N(c3ccc(-c4ccc5c(c4)CCCC5)cc3)c3ccccc3-c3cccc4ccccc34)cc21. The van der Waals surface area contributed by atoms with Gasteiger partial charge in [0.25, 0.3) is 0 Å². The number of hydrogen-bond donors (Lipinski definition) is 0. The van der Waals surface area contributed by atoms with Crippen molar-refractivity contribution in [3.8, 4) is 33.4 Å². The molecule has 0 aliphatic heterocycles. The molecule has 0 fully saturated rings. The van der Waals surface area contributed by atoms with Gasteiger partial charge in [0.05, 0.1) is 5.69 Å². The van der Waals surface area contributed by atoms with Crippen LogP contribution in [-0.4, -0.2) is 0 Å². The maximum absolute atomic E-state index is 2.47. The predicted octanol–water partition coefficient (Wildman–Crippen LogP) is 12.8. The lowest BCUT2D eigenvalue weighted by atomic mass is 9.82. The third-order valence-electron chi connectivity index (χ3n) is 10.9. The highest BCUT2D eigenvalue weighted by molar-refractivity contribution is 6.01. The van der Waals surface area contributed by atoms with Gasteiger partial charge in [0.1, 0.15) is 0 Å². The Bertz CT molecular complexity index is 2320. The molecule has 9 rings (SSSR count). The van der Waals surface area contributed by atoms with Gasteiger partial charge in [0.2, 0.25) is 0 Å². The Labute approximate surface area is 284 Å². The minimum atomic E-state index is -0.0843. The first-order chi connectivity index (χ1) is 23.6. The van der Waals surface area contributed by atoms with Crippen molar-refractivity contribution in [1.82, 2.24) is 0 Å². The first-order valence-electron chi connectivity index (χ1n) is 17.4. The van der Waals surface area contributed by atoms with Crippen LogP contribution in [0, 0.1) is 0 Å². The van der Waals surface area contributed by atoms with Gasteiger partial charge in [-0.15, -0.1) is 0 Å². The van der Waals surface area contributed by atoms with Crippen molar-refractivity contribution in [2.24, 2.45) is 0 Å². The molecule has 1 nitrogen and oxygen atoms in total. The minimum Gasteiger partial charge on any atom is -0.310 e. The van der Waals surface area contributed by atoms with Crippen LogP contribution in [0.5, 0.6) is 0 Å². The van der Waals surface area contributed by atoms with E-state index >= 15 is 0 Å². The molecule has 0 radical (unpaired) electrons. The lowest BCUT2D eigenvalue weighted by Crippen LogP contribution is -2.16. The van der Waals surface area contributed by atoms with Gasteiger partial charge in [-0.3, -0.25) is 0 Å². The predicted molar refractivity (Wildman–Crippen MR) is 204 cm³/mol. The van der Waals surface area contributed by atoms with Crippen molar-refractivity contribution in [2.75, 3.05) is 4.90 Å². The fourth-order valence-electron chi connectivity index (χ4n) is 8.33. The Hall–Kier alpha value is -5.40. The molecule has 48 heavy (non-hydrogen) atoms. The van der Waals surface area contributed by atoms with Crippen LogP contribution in [-0.2, 0) is 18.3 Å². The Morgan fingerprint density at radius 2 is 1.10 bits per heavy atom. The summed E-state index contributed by atoms with van der Waals surface area (Å²) in [7, 11) is 0. The van der Waals surface area contributed by atoms with E-state index in [1.165, 1.54) is 103 Å². The highest BCUT2D eigenvalue weighted by Gasteiger charge is 2.35. The summed E-state index contributed by atoms with van der Waals surface area (Å²) in [6.07, 6.45) is 5.01. The maximum atomic E-state index is 2.47. The molecule has 0 bridgehead atoms. The van der Waals surface area contributed by atoms with Crippen LogP contribution < -0.4 is 4.90 Å². The summed E-state index contributed by atoms with van der Waals surface area (Å²) in [6, 6.07) is 56.6. The Morgan fingerprint density at radius 1 is 0.458 bits per heavy atom. The highest BCUT2D eigenvalue weighted by atomic mass is 15.1. The van der Waals surface area contributed by atoms with Crippen molar-refractivity contribution >= 4 is 27.8 Å². The maximum Gasteiger partial charge on any atom is 0.0540 e. The molecule has 232 valence electrons. The van der Waals surface area contributed by atoms with E-state index < -0.39 is 0 Å². The van der Waals surface area contributed by atoms with E-state index in [0.29, 0.717) is 0 Å². The topological polar surface area (TPSA) is 3.24 Å². The summed E-state index contributed by atoms with van der Waals surface area (Å²) in [5, 5.41) is 2.52. The monoisotopic (exact) mass is 617 g/mol. The van der Waals surface area contributed by atoms with Gasteiger partial charge in [-0.1, -0.05) is 135 Å². The number of anilines is 3.